The minimum atomic E-state index is 0.143. The van der Waals surface area contributed by atoms with Crippen LogP contribution in [0.4, 0.5) is 0 Å². The molecule has 1 atom stereocenters. The summed E-state index contributed by atoms with van der Waals surface area (Å²) in [5.74, 6) is 1.96. The Kier molecular flexibility index (Phi) is 2.07. The molecule has 0 amide bonds. The second-order valence-electron chi connectivity index (χ2n) is 3.95. The Morgan fingerprint density at radius 1 is 1.54 bits per heavy atom. The van der Waals surface area contributed by atoms with Crippen LogP contribution in [0.5, 0.6) is 0 Å². The highest BCUT2D eigenvalue weighted by Crippen LogP contribution is 2.26. The summed E-state index contributed by atoms with van der Waals surface area (Å²) >= 11 is 0. The van der Waals surface area contributed by atoms with Crippen LogP contribution in [0.3, 0.4) is 0 Å². The van der Waals surface area contributed by atoms with Crippen molar-refractivity contribution >= 4 is 0 Å². The van der Waals surface area contributed by atoms with Crippen molar-refractivity contribution in [1.82, 2.24) is 20.5 Å². The maximum Gasteiger partial charge on any atom is 0.157 e. The first-order chi connectivity index (χ1) is 6.24. The third kappa shape index (κ3) is 1.46. The van der Waals surface area contributed by atoms with Crippen LogP contribution in [-0.2, 0) is 11.8 Å². The number of aryl methyl sites for hydroxylation is 1. The van der Waals surface area contributed by atoms with Crippen LogP contribution >= 0.6 is 0 Å². The van der Waals surface area contributed by atoms with Crippen molar-refractivity contribution in [3.05, 3.63) is 11.6 Å². The Hall–Kier alpha value is -0.900. The molecule has 2 heterocycles. The molecule has 1 aromatic rings. The van der Waals surface area contributed by atoms with Gasteiger partial charge < -0.3 is 5.32 Å². The monoisotopic (exact) mass is 180 g/mol. The lowest BCUT2D eigenvalue weighted by molar-refractivity contribution is 0.491. The third-order valence-electron chi connectivity index (χ3n) is 2.78. The number of nitrogens with one attached hydrogen (secondary N) is 2. The lowest BCUT2D eigenvalue weighted by Crippen LogP contribution is -2.26. The standard InChI is InChI=1S/C9H16N4/c1-3-7-11-8(13-12-7)9(2)4-5-10-6-9/h10H,3-6H2,1-2H3,(H,11,12,13). The minimum Gasteiger partial charge on any atom is -0.316 e. The second kappa shape index (κ2) is 3.10. The SMILES string of the molecule is CCc1nc(C2(C)CCNC2)n[nH]1. The molecule has 0 bridgehead atoms. The molecule has 0 aromatic carbocycles. The van der Waals surface area contributed by atoms with Crippen molar-refractivity contribution in [2.45, 2.75) is 32.1 Å². The van der Waals surface area contributed by atoms with Gasteiger partial charge in [-0.25, -0.2) is 4.98 Å². The van der Waals surface area contributed by atoms with Crippen LogP contribution < -0.4 is 5.32 Å². The van der Waals surface area contributed by atoms with Crippen LogP contribution in [0.25, 0.3) is 0 Å². The smallest absolute Gasteiger partial charge is 0.157 e. The van der Waals surface area contributed by atoms with Gasteiger partial charge in [-0.15, -0.1) is 0 Å². The third-order valence-corrected chi connectivity index (χ3v) is 2.78. The molecule has 1 unspecified atom stereocenters. The van der Waals surface area contributed by atoms with Gasteiger partial charge in [-0.05, 0) is 13.0 Å². The van der Waals surface area contributed by atoms with Gasteiger partial charge in [0.1, 0.15) is 5.82 Å². The fourth-order valence-electron chi connectivity index (χ4n) is 1.73. The van der Waals surface area contributed by atoms with Crippen molar-refractivity contribution in [3.63, 3.8) is 0 Å². The van der Waals surface area contributed by atoms with Gasteiger partial charge in [0.25, 0.3) is 0 Å². The van der Waals surface area contributed by atoms with E-state index >= 15 is 0 Å². The van der Waals surface area contributed by atoms with Crippen LogP contribution in [-0.4, -0.2) is 28.3 Å². The molecule has 1 aromatic heterocycles. The molecule has 4 nitrogen and oxygen atoms in total. The average molecular weight is 180 g/mol. The van der Waals surface area contributed by atoms with Crippen molar-refractivity contribution < 1.29 is 0 Å². The minimum absolute atomic E-state index is 0.143. The summed E-state index contributed by atoms with van der Waals surface area (Å²) in [7, 11) is 0. The number of aromatic nitrogens is 3. The number of nitrogens with zero attached hydrogens (tertiary/aromatic N) is 2. The molecule has 1 aliphatic heterocycles. The molecular weight excluding hydrogens is 164 g/mol. The van der Waals surface area contributed by atoms with Crippen LogP contribution in [0, 0.1) is 0 Å². The maximum atomic E-state index is 4.48. The number of hydrogen-bond acceptors (Lipinski definition) is 3. The van der Waals surface area contributed by atoms with Gasteiger partial charge in [-0.3, -0.25) is 5.10 Å². The summed E-state index contributed by atoms with van der Waals surface area (Å²) in [5.41, 5.74) is 0.143. The van der Waals surface area contributed by atoms with E-state index < -0.39 is 0 Å². The van der Waals surface area contributed by atoms with E-state index in [1.54, 1.807) is 0 Å². The van der Waals surface area contributed by atoms with Crippen molar-refractivity contribution in [2.24, 2.45) is 0 Å². The normalized spacial score (nSPS) is 28.2. The summed E-state index contributed by atoms with van der Waals surface area (Å²) in [5, 5.41) is 10.6. The summed E-state index contributed by atoms with van der Waals surface area (Å²) in [6.45, 7) is 6.37. The van der Waals surface area contributed by atoms with Gasteiger partial charge in [0.2, 0.25) is 0 Å². The number of hydrogen-bond donors (Lipinski definition) is 2. The molecule has 13 heavy (non-hydrogen) atoms. The van der Waals surface area contributed by atoms with Crippen LogP contribution in [0.2, 0.25) is 0 Å². The Balaban J connectivity index is 2.23. The van der Waals surface area contributed by atoms with Gasteiger partial charge in [-0.1, -0.05) is 13.8 Å². The van der Waals surface area contributed by atoms with Crippen LogP contribution in [0.15, 0.2) is 0 Å². The Labute approximate surface area is 78.1 Å². The fourth-order valence-corrected chi connectivity index (χ4v) is 1.73. The number of H-pyrrole nitrogens is 1. The zero-order chi connectivity index (χ0) is 9.31. The van der Waals surface area contributed by atoms with Gasteiger partial charge in [-0.2, -0.15) is 5.10 Å². The fraction of sp³-hybridized carbons (Fsp3) is 0.778. The highest BCUT2D eigenvalue weighted by molar-refractivity contribution is 5.10. The molecule has 0 saturated carbocycles. The quantitative estimate of drug-likeness (QED) is 0.701. The first-order valence-corrected chi connectivity index (χ1v) is 4.87. The van der Waals surface area contributed by atoms with Crippen molar-refractivity contribution in [2.75, 3.05) is 13.1 Å². The van der Waals surface area contributed by atoms with Gasteiger partial charge in [0, 0.05) is 18.4 Å². The molecule has 0 aliphatic carbocycles. The van der Waals surface area contributed by atoms with Gasteiger partial charge >= 0.3 is 0 Å². The van der Waals surface area contributed by atoms with E-state index in [9.17, 15) is 0 Å². The zero-order valence-electron chi connectivity index (χ0n) is 8.22. The zero-order valence-corrected chi connectivity index (χ0v) is 8.22. The summed E-state index contributed by atoms with van der Waals surface area (Å²) in [6, 6.07) is 0. The molecule has 2 N–H and O–H groups in total. The Morgan fingerprint density at radius 3 is 2.92 bits per heavy atom. The highest BCUT2D eigenvalue weighted by atomic mass is 15.2. The predicted molar refractivity (Wildman–Crippen MR) is 50.6 cm³/mol. The highest BCUT2D eigenvalue weighted by Gasteiger charge is 2.34. The van der Waals surface area contributed by atoms with Gasteiger partial charge in [0.15, 0.2) is 5.82 Å². The Bertz CT molecular complexity index is 286. The van der Waals surface area contributed by atoms with Crippen molar-refractivity contribution in [1.29, 1.82) is 0 Å². The summed E-state index contributed by atoms with van der Waals surface area (Å²) in [6.07, 6.45) is 2.06. The van der Waals surface area contributed by atoms with E-state index in [0.29, 0.717) is 0 Å². The molecule has 2 rings (SSSR count). The van der Waals surface area contributed by atoms with E-state index in [-0.39, 0.29) is 5.41 Å². The second-order valence-corrected chi connectivity index (χ2v) is 3.95. The van der Waals surface area contributed by atoms with Gasteiger partial charge in [0.05, 0.1) is 0 Å². The van der Waals surface area contributed by atoms with E-state index in [0.717, 1.165) is 37.6 Å². The largest absolute Gasteiger partial charge is 0.316 e. The summed E-state index contributed by atoms with van der Waals surface area (Å²) < 4.78 is 0. The lowest BCUT2D eigenvalue weighted by atomic mass is 9.89. The van der Waals surface area contributed by atoms with E-state index in [1.807, 2.05) is 0 Å². The Morgan fingerprint density at radius 2 is 2.38 bits per heavy atom. The van der Waals surface area contributed by atoms with E-state index in [2.05, 4.69) is 34.3 Å². The molecule has 1 fully saturated rings. The molecule has 0 spiro atoms. The van der Waals surface area contributed by atoms with E-state index in [4.69, 9.17) is 0 Å². The predicted octanol–water partition coefficient (Wildman–Crippen LogP) is 0.618. The molecule has 1 saturated heterocycles. The number of rotatable bonds is 2. The first kappa shape index (κ1) is 8.69. The molecule has 4 heteroatoms. The molecule has 0 radical (unpaired) electrons. The number of aromatic amines is 1. The first-order valence-electron chi connectivity index (χ1n) is 4.87. The molecule has 72 valence electrons. The lowest BCUT2D eigenvalue weighted by Gasteiger charge is -2.17. The molecular formula is C9H16N4. The topological polar surface area (TPSA) is 53.6 Å². The van der Waals surface area contributed by atoms with E-state index in [1.165, 1.54) is 0 Å². The average Bonchev–Trinajstić information content (AvgIpc) is 2.72. The molecule has 1 aliphatic rings. The van der Waals surface area contributed by atoms with Crippen LogP contribution in [0.1, 0.15) is 31.9 Å². The summed E-state index contributed by atoms with van der Waals surface area (Å²) in [4.78, 5) is 4.48. The maximum absolute atomic E-state index is 4.48. The van der Waals surface area contributed by atoms with Crippen molar-refractivity contribution in [3.8, 4) is 0 Å².